The molecule has 0 aliphatic heterocycles. The fourth-order valence-corrected chi connectivity index (χ4v) is 3.24. The van der Waals surface area contributed by atoms with E-state index in [9.17, 15) is 4.79 Å². The van der Waals surface area contributed by atoms with E-state index >= 15 is 0 Å². The van der Waals surface area contributed by atoms with Gasteiger partial charge in [-0.2, -0.15) is 0 Å². The average molecular weight is 543 g/mol. The van der Waals surface area contributed by atoms with Crippen LogP contribution in [0.15, 0.2) is 30.3 Å². The highest BCUT2D eigenvalue weighted by molar-refractivity contribution is 5.69. The van der Waals surface area contributed by atoms with Gasteiger partial charge in [0.2, 0.25) is 0 Å². The maximum Gasteiger partial charge on any atom is 0.305 e. The van der Waals surface area contributed by atoms with Crippen LogP contribution in [0, 0.1) is 0 Å². The normalized spacial score (nSPS) is 11.2. The van der Waals surface area contributed by atoms with E-state index in [0.29, 0.717) is 106 Å². The van der Waals surface area contributed by atoms with Gasteiger partial charge in [0.05, 0.1) is 92.5 Å². The van der Waals surface area contributed by atoms with Crippen molar-refractivity contribution in [3.05, 3.63) is 35.9 Å². The Morgan fingerprint density at radius 1 is 0.526 bits per heavy atom. The molecule has 0 saturated carbocycles. The molecule has 1 aromatic rings. The Morgan fingerprint density at radius 2 is 0.947 bits per heavy atom. The SMILES string of the molecule is CCCCCCCC(=O)OCCOCCOCCOCCOCCOCCOCCOCc1ccccc1. The highest BCUT2D eigenvalue weighted by Crippen LogP contribution is 2.05. The quantitative estimate of drug-likeness (QED) is 0.109. The second kappa shape index (κ2) is 28.4. The number of esters is 1. The second-order valence-electron chi connectivity index (χ2n) is 8.60. The van der Waals surface area contributed by atoms with E-state index in [0.717, 1.165) is 18.4 Å². The Balaban J connectivity index is 1.66. The maximum atomic E-state index is 11.6. The Bertz CT molecular complexity index is 615. The van der Waals surface area contributed by atoms with Crippen LogP contribution >= 0.6 is 0 Å². The van der Waals surface area contributed by atoms with Gasteiger partial charge in [-0.1, -0.05) is 62.9 Å². The molecule has 0 fully saturated rings. The number of hydrogen-bond acceptors (Lipinski definition) is 9. The van der Waals surface area contributed by atoms with Crippen LogP contribution < -0.4 is 0 Å². The molecule has 38 heavy (non-hydrogen) atoms. The van der Waals surface area contributed by atoms with Crippen LogP contribution in [0.2, 0.25) is 0 Å². The van der Waals surface area contributed by atoms with Crippen LogP contribution in [-0.4, -0.2) is 98.5 Å². The monoisotopic (exact) mass is 542 g/mol. The lowest BCUT2D eigenvalue weighted by atomic mass is 10.1. The van der Waals surface area contributed by atoms with Crippen molar-refractivity contribution < 1.29 is 42.7 Å². The molecular formula is C29H50O9. The van der Waals surface area contributed by atoms with Crippen molar-refractivity contribution in [2.45, 2.75) is 52.1 Å². The number of hydrogen-bond donors (Lipinski definition) is 0. The minimum absolute atomic E-state index is 0.142. The zero-order valence-corrected chi connectivity index (χ0v) is 23.4. The zero-order valence-electron chi connectivity index (χ0n) is 23.4. The third-order valence-corrected chi connectivity index (χ3v) is 5.32. The lowest BCUT2D eigenvalue weighted by Crippen LogP contribution is -2.15. The van der Waals surface area contributed by atoms with Crippen molar-refractivity contribution in [1.82, 2.24) is 0 Å². The third kappa shape index (κ3) is 24.7. The van der Waals surface area contributed by atoms with Gasteiger partial charge in [0, 0.05) is 6.42 Å². The van der Waals surface area contributed by atoms with Gasteiger partial charge in [-0.05, 0) is 12.0 Å². The van der Waals surface area contributed by atoms with Crippen LogP contribution in [0.25, 0.3) is 0 Å². The Hall–Kier alpha value is -1.59. The molecule has 0 atom stereocenters. The summed E-state index contributed by atoms with van der Waals surface area (Å²) in [5.41, 5.74) is 1.16. The van der Waals surface area contributed by atoms with E-state index in [1.807, 2.05) is 30.3 Å². The molecule has 0 N–H and O–H groups in total. The van der Waals surface area contributed by atoms with Gasteiger partial charge >= 0.3 is 5.97 Å². The van der Waals surface area contributed by atoms with E-state index in [1.54, 1.807) is 0 Å². The highest BCUT2D eigenvalue weighted by Gasteiger charge is 2.02. The van der Waals surface area contributed by atoms with E-state index < -0.39 is 0 Å². The Kier molecular flexibility index (Phi) is 25.8. The molecule has 0 bridgehead atoms. The number of ether oxygens (including phenoxy) is 8. The van der Waals surface area contributed by atoms with Crippen molar-refractivity contribution in [3.63, 3.8) is 0 Å². The number of rotatable bonds is 29. The van der Waals surface area contributed by atoms with Gasteiger partial charge in [-0.25, -0.2) is 0 Å². The summed E-state index contributed by atoms with van der Waals surface area (Å²) < 4.78 is 43.4. The summed E-state index contributed by atoms with van der Waals surface area (Å²) in [7, 11) is 0. The van der Waals surface area contributed by atoms with E-state index in [4.69, 9.17) is 37.9 Å². The predicted octanol–water partition coefficient (Wildman–Crippen LogP) is 4.21. The molecule has 0 aliphatic rings. The first-order chi connectivity index (χ1) is 18.8. The molecule has 0 saturated heterocycles. The highest BCUT2D eigenvalue weighted by atomic mass is 16.6. The second-order valence-corrected chi connectivity index (χ2v) is 8.60. The largest absolute Gasteiger partial charge is 0.463 e. The minimum Gasteiger partial charge on any atom is -0.463 e. The summed E-state index contributed by atoms with van der Waals surface area (Å²) in [6.07, 6.45) is 6.11. The lowest BCUT2D eigenvalue weighted by Gasteiger charge is -2.09. The van der Waals surface area contributed by atoms with E-state index in [2.05, 4.69) is 6.92 Å². The molecule has 0 amide bonds. The summed E-state index contributed by atoms with van der Waals surface area (Å²) in [6.45, 7) is 9.65. The lowest BCUT2D eigenvalue weighted by molar-refractivity contribution is -0.145. The van der Waals surface area contributed by atoms with Gasteiger partial charge in [0.15, 0.2) is 0 Å². The number of benzene rings is 1. The molecule has 9 nitrogen and oxygen atoms in total. The summed E-state index contributed by atoms with van der Waals surface area (Å²) in [5.74, 6) is -0.142. The molecule has 220 valence electrons. The third-order valence-electron chi connectivity index (χ3n) is 5.32. The van der Waals surface area contributed by atoms with Crippen molar-refractivity contribution in [2.24, 2.45) is 0 Å². The van der Waals surface area contributed by atoms with Crippen molar-refractivity contribution >= 4 is 5.97 Å². The zero-order chi connectivity index (χ0) is 27.2. The molecule has 9 heteroatoms. The first-order valence-electron chi connectivity index (χ1n) is 14.1. The molecule has 0 heterocycles. The predicted molar refractivity (Wildman–Crippen MR) is 145 cm³/mol. The fourth-order valence-electron chi connectivity index (χ4n) is 3.24. The van der Waals surface area contributed by atoms with Crippen LogP contribution in [0.5, 0.6) is 0 Å². The van der Waals surface area contributed by atoms with Crippen LogP contribution in [0.1, 0.15) is 51.0 Å². The molecule has 0 unspecified atom stereocenters. The maximum absolute atomic E-state index is 11.6. The Labute approximate surface area is 229 Å². The molecule has 0 radical (unpaired) electrons. The Morgan fingerprint density at radius 3 is 1.42 bits per heavy atom. The smallest absolute Gasteiger partial charge is 0.305 e. The topological polar surface area (TPSA) is 90.9 Å². The summed E-state index contributed by atoms with van der Waals surface area (Å²) in [6, 6.07) is 10.1. The standard InChI is InChI=1S/C29H50O9/c1-2-3-4-5-9-12-29(30)38-26-25-36-22-21-34-18-17-32-14-13-31-15-16-33-19-20-35-23-24-37-27-28-10-7-6-8-11-28/h6-8,10-11H,2-5,9,12-27H2,1H3. The molecule has 0 spiro atoms. The number of unbranched alkanes of at least 4 members (excludes halogenated alkanes) is 4. The molecular weight excluding hydrogens is 492 g/mol. The van der Waals surface area contributed by atoms with E-state index in [-0.39, 0.29) is 5.97 Å². The number of carbonyl (C=O) groups excluding carboxylic acids is 1. The fraction of sp³-hybridized carbons (Fsp3) is 0.759. The first-order valence-corrected chi connectivity index (χ1v) is 14.1. The van der Waals surface area contributed by atoms with Gasteiger partial charge < -0.3 is 37.9 Å². The number of carbonyl (C=O) groups is 1. The summed E-state index contributed by atoms with van der Waals surface area (Å²) >= 11 is 0. The molecule has 0 aliphatic carbocycles. The van der Waals surface area contributed by atoms with Gasteiger partial charge in [-0.3, -0.25) is 4.79 Å². The summed E-state index contributed by atoms with van der Waals surface area (Å²) in [4.78, 5) is 11.6. The van der Waals surface area contributed by atoms with Crippen LogP contribution in [0.3, 0.4) is 0 Å². The minimum atomic E-state index is -0.142. The average Bonchev–Trinajstić information content (AvgIpc) is 2.94. The first kappa shape index (κ1) is 34.4. The van der Waals surface area contributed by atoms with Gasteiger partial charge in [-0.15, -0.1) is 0 Å². The molecule has 0 aromatic heterocycles. The van der Waals surface area contributed by atoms with Crippen molar-refractivity contribution in [2.75, 3.05) is 92.5 Å². The molecule has 1 rings (SSSR count). The molecule has 1 aromatic carbocycles. The van der Waals surface area contributed by atoms with Crippen molar-refractivity contribution in [1.29, 1.82) is 0 Å². The van der Waals surface area contributed by atoms with Crippen molar-refractivity contribution in [3.8, 4) is 0 Å². The van der Waals surface area contributed by atoms with Crippen LogP contribution in [0.4, 0.5) is 0 Å². The van der Waals surface area contributed by atoms with Crippen LogP contribution in [-0.2, 0) is 49.3 Å². The van der Waals surface area contributed by atoms with E-state index in [1.165, 1.54) is 19.3 Å². The summed E-state index contributed by atoms with van der Waals surface area (Å²) in [5, 5.41) is 0. The van der Waals surface area contributed by atoms with Gasteiger partial charge in [0.25, 0.3) is 0 Å². The van der Waals surface area contributed by atoms with Gasteiger partial charge in [0.1, 0.15) is 6.61 Å².